The van der Waals surface area contributed by atoms with Crippen LogP contribution in [0.2, 0.25) is 0 Å². The number of primary amides is 1. The summed E-state index contributed by atoms with van der Waals surface area (Å²) in [7, 11) is 1.38. The van der Waals surface area contributed by atoms with Crippen LogP contribution in [0, 0.1) is 0 Å². The van der Waals surface area contributed by atoms with Crippen LogP contribution in [0.25, 0.3) is 0 Å². The molecule has 0 saturated heterocycles. The summed E-state index contributed by atoms with van der Waals surface area (Å²) in [5.74, 6) is -1.29. The van der Waals surface area contributed by atoms with Crippen LogP contribution in [0.15, 0.2) is 9.98 Å². The number of hydrogen-bond acceptors (Lipinski definition) is 7. The molecule has 0 bridgehead atoms. The van der Waals surface area contributed by atoms with E-state index in [9.17, 15) is 19.5 Å². The van der Waals surface area contributed by atoms with E-state index >= 15 is 0 Å². The Morgan fingerprint density at radius 2 is 2.11 bits per heavy atom. The van der Waals surface area contributed by atoms with Gasteiger partial charge in [0.25, 0.3) is 5.91 Å². The maximum atomic E-state index is 12.5. The average Bonchev–Trinajstić information content (AvgIpc) is 2.58. The second kappa shape index (κ2) is 9.68. The Hall–Kier alpha value is -2.93. The van der Waals surface area contributed by atoms with E-state index in [4.69, 9.17) is 22.9 Å². The van der Waals surface area contributed by atoms with Crippen LogP contribution in [0.3, 0.4) is 0 Å². The zero-order chi connectivity index (χ0) is 20.6. The summed E-state index contributed by atoms with van der Waals surface area (Å²) in [6.07, 6.45) is 1.05. The lowest BCUT2D eigenvalue weighted by Gasteiger charge is -2.40. The minimum absolute atomic E-state index is 0.0154. The van der Waals surface area contributed by atoms with Crippen molar-refractivity contribution in [1.29, 1.82) is 0 Å². The number of amides is 4. The maximum absolute atomic E-state index is 12.5. The van der Waals surface area contributed by atoms with Gasteiger partial charge in [0.2, 0.25) is 11.9 Å². The molecule has 0 spiro atoms. The normalized spacial score (nSPS) is 20.1. The number of likely N-dealkylation sites (N-methyl/N-ethyl adjacent to an activating group) is 1. The fourth-order valence-electron chi connectivity index (χ4n) is 2.48. The Morgan fingerprint density at radius 3 is 2.63 bits per heavy atom. The second-order valence-electron chi connectivity index (χ2n) is 6.16. The molecular weight excluding hydrogens is 358 g/mol. The molecular formula is C14H27N9O4. The third kappa shape index (κ3) is 6.07. The molecule has 2 atom stereocenters. The van der Waals surface area contributed by atoms with E-state index in [1.807, 2.05) is 0 Å². The molecule has 1 aliphatic rings. The number of carbonyl (C=O) groups excluding carboxylic acids is 3. The number of aliphatic hydroxyl groups is 1. The molecule has 0 fully saturated rings. The number of urea groups is 1. The second-order valence-corrected chi connectivity index (χ2v) is 6.16. The van der Waals surface area contributed by atoms with Gasteiger partial charge < -0.3 is 32.9 Å². The Balaban J connectivity index is 2.71. The van der Waals surface area contributed by atoms with Crippen LogP contribution in [0.5, 0.6) is 0 Å². The molecule has 13 heteroatoms. The SMILES string of the molecule is CN(C(=O)C[C@@H](N)CCCN=C(N)N)[C@]1(CO)CN=C(NC(N)=O)NC1=O. The number of guanidine groups is 2. The average molecular weight is 385 g/mol. The van der Waals surface area contributed by atoms with E-state index in [1.54, 1.807) is 0 Å². The van der Waals surface area contributed by atoms with Crippen LogP contribution < -0.4 is 33.6 Å². The minimum Gasteiger partial charge on any atom is -0.393 e. The number of nitrogens with zero attached hydrogens (tertiary/aromatic N) is 3. The van der Waals surface area contributed by atoms with Gasteiger partial charge in [-0.25, -0.2) is 9.79 Å². The number of nitrogens with one attached hydrogen (secondary N) is 2. The first kappa shape index (κ1) is 22.1. The van der Waals surface area contributed by atoms with Crippen molar-refractivity contribution in [3.63, 3.8) is 0 Å². The third-order valence-electron chi connectivity index (χ3n) is 4.14. The highest BCUT2D eigenvalue weighted by molar-refractivity contribution is 6.09. The van der Waals surface area contributed by atoms with Gasteiger partial charge in [-0.3, -0.25) is 25.2 Å². The predicted octanol–water partition coefficient (Wildman–Crippen LogP) is -3.90. The molecule has 0 aromatic rings. The highest BCUT2D eigenvalue weighted by atomic mass is 16.3. The van der Waals surface area contributed by atoms with Crippen molar-refractivity contribution in [3.8, 4) is 0 Å². The quantitative estimate of drug-likeness (QED) is 0.125. The molecule has 0 radical (unpaired) electrons. The predicted molar refractivity (Wildman–Crippen MR) is 98.3 cm³/mol. The van der Waals surface area contributed by atoms with E-state index in [0.717, 1.165) is 4.90 Å². The van der Waals surface area contributed by atoms with Gasteiger partial charge in [-0.2, -0.15) is 0 Å². The number of carbonyl (C=O) groups is 3. The van der Waals surface area contributed by atoms with Crippen molar-refractivity contribution >= 4 is 29.8 Å². The van der Waals surface area contributed by atoms with Gasteiger partial charge in [-0.15, -0.1) is 0 Å². The van der Waals surface area contributed by atoms with Crippen LogP contribution in [0.1, 0.15) is 19.3 Å². The summed E-state index contributed by atoms with van der Waals surface area (Å²) >= 11 is 0. The Bertz CT molecular complexity index is 632. The molecule has 4 amide bonds. The van der Waals surface area contributed by atoms with Gasteiger partial charge in [0.05, 0.1) is 13.2 Å². The summed E-state index contributed by atoms with van der Waals surface area (Å²) < 4.78 is 0. The number of aliphatic hydroxyl groups excluding tert-OH is 1. The smallest absolute Gasteiger partial charge is 0.318 e. The van der Waals surface area contributed by atoms with Crippen LogP contribution >= 0.6 is 0 Å². The monoisotopic (exact) mass is 385 g/mol. The Morgan fingerprint density at radius 1 is 1.44 bits per heavy atom. The molecule has 0 unspecified atom stereocenters. The molecule has 0 aromatic heterocycles. The summed E-state index contributed by atoms with van der Waals surface area (Å²) in [5.41, 5.74) is 19.8. The minimum atomic E-state index is -1.60. The molecule has 0 saturated carbocycles. The van der Waals surface area contributed by atoms with Crippen LogP contribution in [0.4, 0.5) is 4.79 Å². The molecule has 27 heavy (non-hydrogen) atoms. The fourth-order valence-corrected chi connectivity index (χ4v) is 2.48. The molecule has 152 valence electrons. The number of rotatable bonds is 8. The number of nitrogens with two attached hydrogens (primary N) is 4. The van der Waals surface area contributed by atoms with Gasteiger partial charge in [-0.1, -0.05) is 0 Å². The first-order valence-electron chi connectivity index (χ1n) is 8.23. The zero-order valence-corrected chi connectivity index (χ0v) is 15.1. The maximum Gasteiger partial charge on any atom is 0.318 e. The molecule has 0 aromatic carbocycles. The van der Waals surface area contributed by atoms with Gasteiger partial charge >= 0.3 is 6.03 Å². The lowest BCUT2D eigenvalue weighted by Crippen LogP contribution is -2.68. The van der Waals surface area contributed by atoms with E-state index in [2.05, 4.69) is 20.6 Å². The molecule has 1 heterocycles. The van der Waals surface area contributed by atoms with Gasteiger partial charge in [0, 0.05) is 26.1 Å². The molecule has 0 aliphatic carbocycles. The van der Waals surface area contributed by atoms with Gasteiger partial charge in [-0.05, 0) is 12.8 Å². The van der Waals surface area contributed by atoms with E-state index in [-0.39, 0.29) is 24.9 Å². The first-order valence-corrected chi connectivity index (χ1v) is 8.23. The number of aliphatic imine (C=N–C) groups is 2. The summed E-state index contributed by atoms with van der Waals surface area (Å²) in [4.78, 5) is 44.7. The van der Waals surface area contributed by atoms with Gasteiger partial charge in [0.1, 0.15) is 0 Å². The van der Waals surface area contributed by atoms with Crippen molar-refractivity contribution in [1.82, 2.24) is 15.5 Å². The highest BCUT2D eigenvalue weighted by Gasteiger charge is 2.47. The number of hydrogen-bond donors (Lipinski definition) is 7. The largest absolute Gasteiger partial charge is 0.393 e. The van der Waals surface area contributed by atoms with E-state index < -0.39 is 36.0 Å². The third-order valence-corrected chi connectivity index (χ3v) is 4.14. The lowest BCUT2D eigenvalue weighted by atomic mass is 9.95. The zero-order valence-electron chi connectivity index (χ0n) is 15.1. The van der Waals surface area contributed by atoms with Crippen molar-refractivity contribution in [2.45, 2.75) is 30.8 Å². The Kier molecular flexibility index (Phi) is 7.93. The standard InChI is InChI=1S/C14H27N9O4/c1-23(9(25)5-8(15)3-2-4-19-11(16)17)14(7-24)6-20-13(21-10(14)26)22-12(18)27/h8,24H,2-7,15H2,1H3,(H4,16,17,19)(H4,18,20,21,22,26,27)/t8-,14-/m0/s1. The molecule has 1 rings (SSSR count). The van der Waals surface area contributed by atoms with Crippen molar-refractivity contribution in [3.05, 3.63) is 0 Å². The lowest BCUT2D eigenvalue weighted by molar-refractivity contribution is -0.148. The molecule has 11 N–H and O–H groups in total. The first-order chi connectivity index (χ1) is 12.6. The molecule has 13 nitrogen and oxygen atoms in total. The topological polar surface area (TPSA) is 228 Å². The van der Waals surface area contributed by atoms with Crippen LogP contribution in [-0.2, 0) is 9.59 Å². The van der Waals surface area contributed by atoms with Crippen molar-refractivity contribution in [2.24, 2.45) is 32.9 Å². The molecule has 1 aliphatic heterocycles. The van der Waals surface area contributed by atoms with Crippen LogP contribution in [-0.4, -0.2) is 78.1 Å². The fraction of sp³-hybridized carbons (Fsp3) is 0.643. The Labute approximate surface area is 156 Å². The van der Waals surface area contributed by atoms with Crippen molar-refractivity contribution < 1.29 is 19.5 Å². The van der Waals surface area contributed by atoms with Crippen molar-refractivity contribution in [2.75, 3.05) is 26.7 Å². The highest BCUT2D eigenvalue weighted by Crippen LogP contribution is 2.19. The van der Waals surface area contributed by atoms with E-state index in [0.29, 0.717) is 19.4 Å². The summed E-state index contributed by atoms with van der Waals surface area (Å²) in [5, 5.41) is 14.2. The van der Waals surface area contributed by atoms with E-state index in [1.165, 1.54) is 7.05 Å². The summed E-state index contributed by atoms with van der Waals surface area (Å²) in [6.45, 7) is -0.505. The summed E-state index contributed by atoms with van der Waals surface area (Å²) in [6, 6.07) is -1.37. The van der Waals surface area contributed by atoms with Gasteiger partial charge in [0.15, 0.2) is 11.5 Å².